The van der Waals surface area contributed by atoms with Gasteiger partial charge < -0.3 is 30.3 Å². The Balaban J connectivity index is 1.96. The zero-order valence-electron chi connectivity index (χ0n) is 18.6. The van der Waals surface area contributed by atoms with Gasteiger partial charge in [0.15, 0.2) is 11.5 Å². The summed E-state index contributed by atoms with van der Waals surface area (Å²) in [4.78, 5) is 4.41. The van der Waals surface area contributed by atoms with E-state index in [4.69, 9.17) is 49.0 Å². The second-order valence-corrected chi connectivity index (χ2v) is 7.87. The quantitative estimate of drug-likeness (QED) is 0.207. The number of nitriles is 1. The van der Waals surface area contributed by atoms with Gasteiger partial charge in [-0.25, -0.2) is 5.84 Å². The van der Waals surface area contributed by atoms with Crippen LogP contribution in [0, 0.1) is 11.3 Å². The van der Waals surface area contributed by atoms with Crippen LogP contribution in [0.2, 0.25) is 10.0 Å². The Bertz CT molecular complexity index is 1250. The van der Waals surface area contributed by atoms with Gasteiger partial charge in [-0.2, -0.15) is 5.26 Å². The topological polar surface area (TPSA) is 132 Å². The molecule has 1 aromatic heterocycles. The number of anilines is 2. The van der Waals surface area contributed by atoms with Crippen molar-refractivity contribution >= 4 is 45.5 Å². The van der Waals surface area contributed by atoms with Crippen molar-refractivity contribution in [3.8, 4) is 23.3 Å². The van der Waals surface area contributed by atoms with E-state index in [1.54, 1.807) is 30.5 Å². The molecule has 0 radical (unpaired) electrons. The third-order valence-electron chi connectivity index (χ3n) is 4.87. The highest BCUT2D eigenvalue weighted by molar-refractivity contribution is 6.37. The number of nitrogens with two attached hydrogens (primary N) is 2. The Kier molecular flexibility index (Phi) is 8.49. The zero-order chi connectivity index (χ0) is 24.7. The standard InChI is InChI=1S/C23H24Cl2N6O3/c1-32-20-11-19(16(24)9-17(20)25)30-23-14(12-27)13-29-18-10-22(21(33-2)8-15(18)23)34-7-3-5-31(28)6-4-26/h4,6,8-11,13H,3,5,7,26,28H2,1-2H3,(H,29,30)/b6-4-. The number of benzene rings is 2. The SMILES string of the molecule is COc1cc(Nc2c(C#N)cnc3cc(OCCCN(N)/C=C\N)c(OC)cc23)c(Cl)cc1Cl. The Morgan fingerprint density at radius 3 is 2.56 bits per heavy atom. The molecule has 9 nitrogen and oxygen atoms in total. The van der Waals surface area contributed by atoms with E-state index in [0.717, 1.165) is 0 Å². The third kappa shape index (κ3) is 5.66. The molecule has 2 aromatic carbocycles. The number of rotatable bonds is 10. The van der Waals surface area contributed by atoms with Crippen LogP contribution in [0.15, 0.2) is 42.9 Å². The van der Waals surface area contributed by atoms with Crippen LogP contribution in [0.25, 0.3) is 10.9 Å². The number of fused-ring (bicyclic) bond motifs is 1. The van der Waals surface area contributed by atoms with Gasteiger partial charge >= 0.3 is 0 Å². The van der Waals surface area contributed by atoms with Crippen LogP contribution in [0.3, 0.4) is 0 Å². The summed E-state index contributed by atoms with van der Waals surface area (Å²) in [6.45, 7) is 0.961. The van der Waals surface area contributed by atoms with Gasteiger partial charge in [0.2, 0.25) is 0 Å². The van der Waals surface area contributed by atoms with Crippen LogP contribution in [0.5, 0.6) is 17.2 Å². The first-order chi connectivity index (χ1) is 16.4. The first-order valence-electron chi connectivity index (χ1n) is 10.1. The fourth-order valence-corrected chi connectivity index (χ4v) is 3.73. The molecular formula is C23H24Cl2N6O3. The van der Waals surface area contributed by atoms with E-state index in [-0.39, 0.29) is 0 Å². The molecule has 5 N–H and O–H groups in total. The normalized spacial score (nSPS) is 10.8. The molecule has 0 amide bonds. The molecule has 0 saturated carbocycles. The molecule has 34 heavy (non-hydrogen) atoms. The lowest BCUT2D eigenvalue weighted by Crippen LogP contribution is -2.27. The van der Waals surface area contributed by atoms with Crippen LogP contribution >= 0.6 is 23.2 Å². The largest absolute Gasteiger partial charge is 0.495 e. The summed E-state index contributed by atoms with van der Waals surface area (Å²) in [6.07, 6.45) is 5.08. The molecule has 0 spiro atoms. The molecule has 11 heteroatoms. The Labute approximate surface area is 207 Å². The Morgan fingerprint density at radius 1 is 1.12 bits per heavy atom. The Morgan fingerprint density at radius 2 is 1.88 bits per heavy atom. The average Bonchev–Trinajstić information content (AvgIpc) is 2.83. The van der Waals surface area contributed by atoms with E-state index in [1.807, 2.05) is 0 Å². The van der Waals surface area contributed by atoms with E-state index < -0.39 is 0 Å². The van der Waals surface area contributed by atoms with Gasteiger partial charge in [-0.3, -0.25) is 4.98 Å². The van der Waals surface area contributed by atoms with E-state index in [9.17, 15) is 5.26 Å². The van der Waals surface area contributed by atoms with Crippen molar-refractivity contribution in [2.45, 2.75) is 6.42 Å². The van der Waals surface area contributed by atoms with Crippen LogP contribution in [0.1, 0.15) is 12.0 Å². The van der Waals surface area contributed by atoms with Crippen molar-refractivity contribution in [3.63, 3.8) is 0 Å². The van der Waals surface area contributed by atoms with Gasteiger partial charge in [0.1, 0.15) is 11.8 Å². The van der Waals surface area contributed by atoms with Gasteiger partial charge in [0.25, 0.3) is 0 Å². The number of methoxy groups -OCH3 is 2. The van der Waals surface area contributed by atoms with Crippen molar-refractivity contribution in [1.82, 2.24) is 9.99 Å². The van der Waals surface area contributed by atoms with Gasteiger partial charge in [0, 0.05) is 49.1 Å². The number of hydrazine groups is 1. The van der Waals surface area contributed by atoms with Gasteiger partial charge in [-0.05, 0) is 12.1 Å². The number of aromatic nitrogens is 1. The smallest absolute Gasteiger partial charge is 0.163 e. The Hall–Kier alpha value is -3.58. The summed E-state index contributed by atoms with van der Waals surface area (Å²) in [6, 6.07) is 8.89. The van der Waals surface area contributed by atoms with E-state index in [1.165, 1.54) is 31.6 Å². The van der Waals surface area contributed by atoms with Crippen LogP contribution in [0.4, 0.5) is 11.4 Å². The van der Waals surface area contributed by atoms with Gasteiger partial charge in [0.05, 0.1) is 53.3 Å². The molecule has 0 atom stereocenters. The highest BCUT2D eigenvalue weighted by Gasteiger charge is 2.16. The van der Waals surface area contributed by atoms with Crippen LogP contribution in [-0.2, 0) is 0 Å². The number of nitrogens with one attached hydrogen (secondary N) is 1. The zero-order valence-corrected chi connectivity index (χ0v) is 20.2. The van der Waals surface area contributed by atoms with E-state index in [2.05, 4.69) is 16.4 Å². The second kappa shape index (κ2) is 11.5. The fraction of sp³-hybridized carbons (Fsp3) is 0.217. The first kappa shape index (κ1) is 25.1. The van der Waals surface area contributed by atoms with Crippen molar-refractivity contribution in [2.75, 3.05) is 32.7 Å². The minimum atomic E-state index is 0.323. The minimum Gasteiger partial charge on any atom is -0.495 e. The highest BCUT2D eigenvalue weighted by Crippen LogP contribution is 2.40. The maximum atomic E-state index is 9.69. The number of hydrogen-bond acceptors (Lipinski definition) is 9. The fourth-order valence-electron chi connectivity index (χ4n) is 3.22. The second-order valence-electron chi connectivity index (χ2n) is 7.05. The number of ether oxygens (including phenoxy) is 3. The molecule has 0 aliphatic carbocycles. The molecule has 178 valence electrons. The molecule has 1 heterocycles. The number of pyridine rings is 1. The van der Waals surface area contributed by atoms with Crippen molar-refractivity contribution in [1.29, 1.82) is 5.26 Å². The number of halogens is 2. The lowest BCUT2D eigenvalue weighted by molar-refractivity contribution is 0.266. The van der Waals surface area contributed by atoms with Crippen LogP contribution in [-0.4, -0.2) is 37.4 Å². The summed E-state index contributed by atoms with van der Waals surface area (Å²) < 4.78 is 16.7. The summed E-state index contributed by atoms with van der Waals surface area (Å²) in [5, 5.41) is 15.8. The molecule has 0 unspecified atom stereocenters. The lowest BCUT2D eigenvalue weighted by Gasteiger charge is -2.17. The van der Waals surface area contributed by atoms with E-state index >= 15 is 0 Å². The monoisotopic (exact) mass is 502 g/mol. The third-order valence-corrected chi connectivity index (χ3v) is 5.48. The molecule has 0 aliphatic rings. The van der Waals surface area contributed by atoms with Gasteiger partial charge in [-0.1, -0.05) is 23.2 Å². The highest BCUT2D eigenvalue weighted by atomic mass is 35.5. The summed E-state index contributed by atoms with van der Waals surface area (Å²) in [5.74, 6) is 7.20. The molecule has 0 fully saturated rings. The van der Waals surface area contributed by atoms with Crippen molar-refractivity contribution < 1.29 is 14.2 Å². The lowest BCUT2D eigenvalue weighted by atomic mass is 10.1. The molecule has 0 bridgehead atoms. The summed E-state index contributed by atoms with van der Waals surface area (Å²) >= 11 is 12.5. The van der Waals surface area contributed by atoms with E-state index in [0.29, 0.717) is 74.7 Å². The molecular weight excluding hydrogens is 479 g/mol. The van der Waals surface area contributed by atoms with Crippen molar-refractivity contribution in [2.24, 2.45) is 11.6 Å². The maximum Gasteiger partial charge on any atom is 0.163 e. The van der Waals surface area contributed by atoms with Crippen LogP contribution < -0.4 is 31.1 Å². The first-order valence-corrected chi connectivity index (χ1v) is 10.9. The number of hydrogen-bond donors (Lipinski definition) is 3. The number of nitrogens with zero attached hydrogens (tertiary/aromatic N) is 3. The van der Waals surface area contributed by atoms with Crippen molar-refractivity contribution in [3.05, 3.63) is 58.5 Å². The molecule has 0 saturated heterocycles. The van der Waals surface area contributed by atoms with Gasteiger partial charge in [-0.15, -0.1) is 0 Å². The average molecular weight is 503 g/mol. The summed E-state index contributed by atoms with van der Waals surface area (Å²) in [7, 11) is 3.05. The molecule has 3 rings (SSSR count). The maximum absolute atomic E-state index is 9.69. The predicted octanol–water partition coefficient (Wildman–Crippen LogP) is 4.55. The summed E-state index contributed by atoms with van der Waals surface area (Å²) in [5.41, 5.74) is 7.27. The predicted molar refractivity (Wildman–Crippen MR) is 134 cm³/mol. The molecule has 3 aromatic rings. The minimum absolute atomic E-state index is 0.323. The molecule has 0 aliphatic heterocycles.